The average Bonchev–Trinajstić information content (AvgIpc) is 3.29. The number of urea groups is 2. The van der Waals surface area contributed by atoms with Gasteiger partial charge in [-0.2, -0.15) is 0 Å². The van der Waals surface area contributed by atoms with Crippen LogP contribution in [-0.2, 0) is 68.2 Å². The van der Waals surface area contributed by atoms with Crippen molar-refractivity contribution in [3.8, 4) is 0 Å². The minimum Gasteiger partial charge on any atom is -0.430 e. The van der Waals surface area contributed by atoms with Gasteiger partial charge in [0.15, 0.2) is 6.03 Å². The van der Waals surface area contributed by atoms with Crippen molar-refractivity contribution in [3.63, 3.8) is 0 Å². The molecular formula is C21H23N5O5SWY-2. The van der Waals surface area contributed by atoms with Crippen molar-refractivity contribution < 1.29 is 77.7 Å². The number of hydrogen-bond acceptors (Lipinski definition) is 6. The summed E-state index contributed by atoms with van der Waals surface area (Å²) in [4.78, 5) is 64.7. The van der Waals surface area contributed by atoms with E-state index in [1.807, 2.05) is 13.8 Å². The van der Waals surface area contributed by atoms with E-state index in [1.165, 1.54) is 16.7 Å². The number of imide groups is 1. The van der Waals surface area contributed by atoms with Crippen LogP contribution in [0.15, 0.2) is 30.3 Å². The second-order valence-electron chi connectivity index (χ2n) is 8.32. The average molecular weight is 730 g/mol. The summed E-state index contributed by atoms with van der Waals surface area (Å²) in [6, 6.07) is 4.53. The number of hydrogen-bond donors (Lipinski definition) is 2. The molecule has 3 aliphatic rings. The summed E-state index contributed by atoms with van der Waals surface area (Å²) in [6.07, 6.45) is 0. The molecule has 1 radical (unpaired) electrons. The smallest absolute Gasteiger partial charge is 0.249 e. The van der Waals surface area contributed by atoms with E-state index in [0.29, 0.717) is 5.56 Å². The molecule has 0 bridgehead atoms. The van der Waals surface area contributed by atoms with Crippen LogP contribution < -0.4 is 10.6 Å². The molecule has 0 spiro atoms. The minimum absolute atomic E-state index is 0. The molecule has 34 heavy (non-hydrogen) atoms. The van der Waals surface area contributed by atoms with Gasteiger partial charge in [0, 0.05) is 64.3 Å². The van der Waals surface area contributed by atoms with E-state index in [-0.39, 0.29) is 78.6 Å². The molecule has 3 saturated heterocycles. The Morgan fingerprint density at radius 2 is 1.85 bits per heavy atom. The van der Waals surface area contributed by atoms with Gasteiger partial charge in [0.25, 0.3) is 0 Å². The van der Waals surface area contributed by atoms with Crippen LogP contribution in [-0.4, -0.2) is 74.8 Å². The Hall–Kier alpha value is -1.42. The Morgan fingerprint density at radius 3 is 2.41 bits per heavy atom. The summed E-state index contributed by atoms with van der Waals surface area (Å²) >= 11 is 1.43. The monoisotopic (exact) mass is 730 g/mol. The van der Waals surface area contributed by atoms with Gasteiger partial charge in [0.2, 0.25) is 17.8 Å². The summed E-state index contributed by atoms with van der Waals surface area (Å²) < 4.78 is -0.536. The Bertz CT molecular complexity index is 997. The summed E-state index contributed by atoms with van der Waals surface area (Å²) in [5.41, 5.74) is 0.496. The number of nitrogens with one attached hydrogen (secondary N) is 2. The predicted molar refractivity (Wildman–Crippen MR) is 116 cm³/mol. The van der Waals surface area contributed by atoms with Crippen LogP contribution in [0.3, 0.4) is 0 Å². The number of amides is 6. The van der Waals surface area contributed by atoms with Crippen LogP contribution >= 0.6 is 11.8 Å². The fourth-order valence-corrected chi connectivity index (χ4v) is 5.93. The van der Waals surface area contributed by atoms with E-state index < -0.39 is 46.2 Å². The third kappa shape index (κ3) is 5.22. The number of ketones is 1. The van der Waals surface area contributed by atoms with Gasteiger partial charge in [0.05, 0.1) is 6.04 Å². The summed E-state index contributed by atoms with van der Waals surface area (Å²) in [7, 11) is 0. The molecule has 4 atom stereocenters. The van der Waals surface area contributed by atoms with Crippen molar-refractivity contribution >= 4 is 41.4 Å². The fraction of sp³-hybridized carbons (Fsp3) is 0.429. The third-order valence-electron chi connectivity index (χ3n) is 5.75. The molecule has 1 aromatic rings. The van der Waals surface area contributed by atoms with Gasteiger partial charge in [-0.1, -0.05) is 30.3 Å². The van der Waals surface area contributed by atoms with Crippen molar-refractivity contribution in [1.82, 2.24) is 20.4 Å². The van der Waals surface area contributed by atoms with E-state index in [4.69, 9.17) is 0 Å². The van der Waals surface area contributed by atoms with Crippen LogP contribution in [0.1, 0.15) is 25.5 Å². The zero-order chi connectivity index (χ0) is 23.2. The molecule has 3 heterocycles. The number of nitrogens with zero attached hydrogens (tertiary/aromatic N) is 3. The topological polar surface area (TPSA) is 130 Å². The summed E-state index contributed by atoms with van der Waals surface area (Å²) in [5.74, 6) is -1.30. The Morgan fingerprint density at radius 1 is 1.21 bits per heavy atom. The maximum absolute atomic E-state index is 13.2. The van der Waals surface area contributed by atoms with Gasteiger partial charge < -0.3 is 37.5 Å². The molecule has 0 aromatic heterocycles. The van der Waals surface area contributed by atoms with Crippen molar-refractivity contribution in [2.45, 2.75) is 42.1 Å². The SMILES string of the molecule is [CH2-]C(=O)C1N2C(=O)C(NC(=O)C(NC(=O)N3CC[N-]C3=O)c3ccccc3)C2SC1(C)C.[W].[Y]. The number of thioether (sulfide) groups is 1. The first kappa shape index (κ1) is 28.8. The molecule has 0 aliphatic carbocycles. The molecule has 4 rings (SSSR count). The van der Waals surface area contributed by atoms with Gasteiger partial charge in [-0.25, -0.2) is 0 Å². The zero-order valence-corrected chi connectivity index (χ0v) is 25.2. The predicted octanol–water partition coefficient (Wildman–Crippen LogP) is 1.19. The molecule has 4 unspecified atom stereocenters. The molecule has 0 saturated carbocycles. The number of fused-ring (bicyclic) bond motifs is 1. The number of β-lactam (4-membered cyclic amide) rings is 1. The Balaban J connectivity index is 0.00000204. The first-order valence-electron chi connectivity index (χ1n) is 10.1. The van der Waals surface area contributed by atoms with Crippen LogP contribution in [0.4, 0.5) is 9.59 Å². The number of rotatable bonds is 5. The molecule has 10 nitrogen and oxygen atoms in total. The van der Waals surface area contributed by atoms with Crippen LogP contribution in [0, 0.1) is 6.92 Å². The zero-order valence-electron chi connectivity index (χ0n) is 18.6. The molecule has 13 heteroatoms. The maximum Gasteiger partial charge on any atom is 0.249 e. The fourth-order valence-electron chi connectivity index (χ4n) is 4.27. The maximum atomic E-state index is 13.2. The van der Waals surface area contributed by atoms with Crippen molar-refractivity contribution in [1.29, 1.82) is 0 Å². The van der Waals surface area contributed by atoms with Gasteiger partial charge in [-0.05, 0) is 32.5 Å². The van der Waals surface area contributed by atoms with E-state index in [0.717, 1.165) is 4.90 Å². The molecule has 6 amide bonds. The van der Waals surface area contributed by atoms with Crippen molar-refractivity contribution in [2.75, 3.05) is 13.1 Å². The van der Waals surface area contributed by atoms with E-state index in [2.05, 4.69) is 22.9 Å². The standard InChI is InChI=1S/C21H24N5O5S.W.Y/c1-11(27)15-21(2,3)32-18-14(17(29)26(15)18)23-16(28)13(12-7-5-4-6-8-12)24-20(31)25-10-9-22-19(25)30;;/h4-8,13-15,18H,1,9-10H2,2-3H3,(H3,22,23,24,28,30,31);;/q-1;;/p-1. The number of carbonyl (C=O) groups excluding carboxylic acids is 5. The molecule has 3 aliphatic heterocycles. The van der Waals surface area contributed by atoms with E-state index >= 15 is 0 Å². The van der Waals surface area contributed by atoms with Gasteiger partial charge in [-0.3, -0.25) is 19.2 Å². The summed E-state index contributed by atoms with van der Waals surface area (Å²) in [6.45, 7) is 7.55. The van der Waals surface area contributed by atoms with Gasteiger partial charge >= 0.3 is 0 Å². The van der Waals surface area contributed by atoms with E-state index in [9.17, 15) is 24.0 Å². The molecule has 3 fully saturated rings. The normalized spacial score (nSPS) is 25.1. The minimum atomic E-state index is -1.12. The third-order valence-corrected chi connectivity index (χ3v) is 7.32. The molecule has 179 valence electrons. The quantitative estimate of drug-likeness (QED) is 0.346. The first-order chi connectivity index (χ1) is 15.1. The van der Waals surface area contributed by atoms with Gasteiger partial charge in [-0.15, -0.1) is 11.8 Å². The number of Topliss-reactive ketones (excluding diaryl/α,β-unsaturated/α-hetero) is 1. The largest absolute Gasteiger partial charge is 0.430 e. The van der Waals surface area contributed by atoms with Crippen LogP contribution in [0.5, 0.6) is 0 Å². The first-order valence-corrected chi connectivity index (χ1v) is 11.0. The van der Waals surface area contributed by atoms with Crippen LogP contribution in [0.2, 0.25) is 0 Å². The molecule has 2 N–H and O–H groups in total. The molecular weight excluding hydrogens is 707 g/mol. The number of carbonyl (C=O) groups is 5. The van der Waals surface area contributed by atoms with Crippen molar-refractivity contribution in [2.24, 2.45) is 0 Å². The Labute approximate surface area is 241 Å². The van der Waals surface area contributed by atoms with E-state index in [1.54, 1.807) is 30.3 Å². The second-order valence-corrected chi connectivity index (χ2v) is 10.1. The molecule has 1 aromatic carbocycles. The Kier molecular flexibility index (Phi) is 9.41. The number of benzene rings is 1. The summed E-state index contributed by atoms with van der Waals surface area (Å²) in [5, 5.41) is 8.55. The van der Waals surface area contributed by atoms with Crippen molar-refractivity contribution in [3.05, 3.63) is 48.1 Å². The van der Waals surface area contributed by atoms with Gasteiger partial charge in [0.1, 0.15) is 17.5 Å². The second kappa shape index (κ2) is 11.1. The van der Waals surface area contributed by atoms with Crippen LogP contribution in [0.25, 0.3) is 5.32 Å².